The number of hydrogen-bond donors (Lipinski definition) is 2. The lowest BCUT2D eigenvalue weighted by Gasteiger charge is -2.45. The predicted octanol–water partition coefficient (Wildman–Crippen LogP) is 0.442. The van der Waals surface area contributed by atoms with Gasteiger partial charge < -0.3 is 39.1 Å². The smallest absolute Gasteiger partial charge is 0.408 e. The van der Waals surface area contributed by atoms with Crippen LogP contribution in [-0.4, -0.2) is 96.8 Å². The van der Waals surface area contributed by atoms with Gasteiger partial charge in [0.05, 0.1) is 7.11 Å². The third-order valence-electron chi connectivity index (χ3n) is 4.68. The number of carbonyl (C=O) groups excluding carboxylic acids is 6. The Hall–Kier alpha value is -3.07. The minimum Gasteiger partial charge on any atom is -0.467 e. The molecule has 1 aliphatic rings. The van der Waals surface area contributed by atoms with Crippen molar-refractivity contribution in [1.82, 2.24) is 10.6 Å². The van der Waals surface area contributed by atoms with E-state index in [1.807, 2.05) is 0 Å². The van der Waals surface area contributed by atoms with E-state index in [2.05, 4.69) is 10.6 Å². The second-order valence-electron chi connectivity index (χ2n) is 9.28. The van der Waals surface area contributed by atoms with Crippen LogP contribution in [0.4, 0.5) is 4.79 Å². The normalized spacial score (nSPS) is 23.7. The van der Waals surface area contributed by atoms with E-state index in [0.29, 0.717) is 0 Å². The van der Waals surface area contributed by atoms with Crippen molar-refractivity contribution in [2.45, 2.75) is 89.9 Å². The predicted molar refractivity (Wildman–Crippen MR) is 132 cm³/mol. The molecular formula is C23H36N2O12S. The van der Waals surface area contributed by atoms with Gasteiger partial charge in [-0.15, -0.1) is 11.8 Å². The molecular weight excluding hydrogens is 528 g/mol. The Bertz CT molecular complexity index is 890. The van der Waals surface area contributed by atoms with E-state index >= 15 is 0 Å². The Balaban J connectivity index is 3.31. The largest absolute Gasteiger partial charge is 0.467 e. The fourth-order valence-electron chi connectivity index (χ4n) is 3.38. The number of alkyl carbamates (subject to hydrolysis) is 1. The Morgan fingerprint density at radius 2 is 1.50 bits per heavy atom. The van der Waals surface area contributed by atoms with Crippen LogP contribution in [0.25, 0.3) is 0 Å². The summed E-state index contributed by atoms with van der Waals surface area (Å²) in [6.07, 6.45) is -4.47. The van der Waals surface area contributed by atoms with Gasteiger partial charge in [0.15, 0.2) is 12.2 Å². The molecule has 1 rings (SSSR count). The van der Waals surface area contributed by atoms with E-state index in [1.54, 1.807) is 20.8 Å². The first-order chi connectivity index (χ1) is 17.5. The van der Waals surface area contributed by atoms with Crippen molar-refractivity contribution in [3.05, 3.63) is 0 Å². The van der Waals surface area contributed by atoms with Gasteiger partial charge >= 0.3 is 30.0 Å². The molecule has 1 aliphatic heterocycles. The van der Waals surface area contributed by atoms with Gasteiger partial charge in [-0.2, -0.15) is 0 Å². The maximum absolute atomic E-state index is 12.4. The fourth-order valence-corrected chi connectivity index (χ4v) is 4.64. The molecule has 1 saturated heterocycles. The molecule has 0 saturated carbocycles. The minimum absolute atomic E-state index is 0.127. The first-order valence-electron chi connectivity index (χ1n) is 11.6. The molecule has 14 nitrogen and oxygen atoms in total. The van der Waals surface area contributed by atoms with Crippen molar-refractivity contribution >= 4 is 47.6 Å². The van der Waals surface area contributed by atoms with Crippen molar-refractivity contribution in [3.63, 3.8) is 0 Å². The average Bonchev–Trinajstić information content (AvgIpc) is 2.75. The van der Waals surface area contributed by atoms with Crippen LogP contribution in [0.3, 0.4) is 0 Å². The molecule has 15 heteroatoms. The molecule has 1 heterocycles. The molecule has 216 valence electrons. The number of methoxy groups -OCH3 is 1. The number of rotatable bonds is 10. The Morgan fingerprint density at radius 3 is 1.97 bits per heavy atom. The van der Waals surface area contributed by atoms with Crippen molar-refractivity contribution in [1.29, 1.82) is 0 Å². The maximum Gasteiger partial charge on any atom is 0.408 e. The van der Waals surface area contributed by atoms with E-state index < -0.39 is 77.3 Å². The van der Waals surface area contributed by atoms with Crippen LogP contribution < -0.4 is 10.6 Å². The van der Waals surface area contributed by atoms with Crippen molar-refractivity contribution in [2.75, 3.05) is 19.5 Å². The Labute approximate surface area is 225 Å². The third-order valence-corrected chi connectivity index (χ3v) is 5.93. The molecule has 2 amide bonds. The van der Waals surface area contributed by atoms with Crippen LogP contribution in [0, 0.1) is 0 Å². The molecule has 2 N–H and O–H groups in total. The summed E-state index contributed by atoms with van der Waals surface area (Å²) in [4.78, 5) is 71.9. The Morgan fingerprint density at radius 1 is 0.921 bits per heavy atom. The maximum atomic E-state index is 12.4. The van der Waals surface area contributed by atoms with Crippen LogP contribution in [0.1, 0.15) is 48.5 Å². The number of nitrogens with one attached hydrogen (secondary N) is 2. The lowest BCUT2D eigenvalue weighted by atomic mass is 9.97. The number of esters is 4. The molecule has 0 bridgehead atoms. The Kier molecular flexibility index (Phi) is 12.8. The van der Waals surface area contributed by atoms with Gasteiger partial charge in [0.1, 0.15) is 35.8 Å². The zero-order valence-electron chi connectivity index (χ0n) is 22.7. The van der Waals surface area contributed by atoms with Crippen LogP contribution in [-0.2, 0) is 52.4 Å². The standard InChI is InChI=1S/C23H36N2O12S/c1-11(26)24-17-19(35-14(4)29)18(34-13(3)28)16(9-33-12(2)27)36-21(17)38-10-15(20(30)32-8)25-22(31)37-23(5,6)7/h15-19,21H,9-10H2,1-8H3,(H,24,26)(H,25,31)/t15-,16+,17+,18-,19+,21+/m0/s1. The summed E-state index contributed by atoms with van der Waals surface area (Å²) in [5.74, 6) is -3.53. The summed E-state index contributed by atoms with van der Waals surface area (Å²) < 4.78 is 31.8. The number of ether oxygens (including phenoxy) is 6. The average molecular weight is 565 g/mol. The molecule has 0 unspecified atom stereocenters. The highest BCUT2D eigenvalue weighted by Gasteiger charge is 2.51. The first-order valence-corrected chi connectivity index (χ1v) is 12.7. The van der Waals surface area contributed by atoms with Crippen molar-refractivity contribution < 1.29 is 57.2 Å². The van der Waals surface area contributed by atoms with Crippen LogP contribution in [0.15, 0.2) is 0 Å². The lowest BCUT2D eigenvalue weighted by molar-refractivity contribution is -0.211. The topological polar surface area (TPSA) is 182 Å². The van der Waals surface area contributed by atoms with Gasteiger partial charge in [-0.3, -0.25) is 19.2 Å². The number of thioether (sulfide) groups is 1. The van der Waals surface area contributed by atoms with E-state index in [-0.39, 0.29) is 12.4 Å². The number of carbonyl (C=O) groups is 6. The number of hydrogen-bond acceptors (Lipinski definition) is 13. The van der Waals surface area contributed by atoms with Crippen LogP contribution in [0.5, 0.6) is 0 Å². The summed E-state index contributed by atoms with van der Waals surface area (Å²) in [5.41, 5.74) is -1.85. The summed E-state index contributed by atoms with van der Waals surface area (Å²) >= 11 is 0.969. The highest BCUT2D eigenvalue weighted by Crippen LogP contribution is 2.33. The van der Waals surface area contributed by atoms with Gasteiger partial charge in [-0.1, -0.05) is 0 Å². The SMILES string of the molecule is COC(=O)[C@H](CS[C@H]1O[C@H](COC(C)=O)[C@H](OC(C)=O)[C@H](OC(C)=O)[C@H]1NC(C)=O)NC(=O)OC(C)(C)C. The third kappa shape index (κ3) is 11.5. The molecule has 0 aromatic rings. The highest BCUT2D eigenvalue weighted by molar-refractivity contribution is 7.99. The molecule has 38 heavy (non-hydrogen) atoms. The lowest BCUT2D eigenvalue weighted by Crippen LogP contribution is -2.65. The summed E-state index contributed by atoms with van der Waals surface area (Å²) in [7, 11) is 1.14. The fraction of sp³-hybridized carbons (Fsp3) is 0.739. The van der Waals surface area contributed by atoms with Crippen molar-refractivity contribution in [2.24, 2.45) is 0 Å². The first kappa shape index (κ1) is 33.0. The molecule has 0 aromatic carbocycles. The van der Waals surface area contributed by atoms with Crippen LogP contribution >= 0.6 is 11.8 Å². The van der Waals surface area contributed by atoms with Gasteiger partial charge in [0.2, 0.25) is 5.91 Å². The molecule has 1 fully saturated rings. The molecule has 0 aromatic heterocycles. The summed E-state index contributed by atoms with van der Waals surface area (Å²) in [6.45, 7) is 9.24. The second-order valence-corrected chi connectivity index (χ2v) is 10.4. The van der Waals surface area contributed by atoms with E-state index in [9.17, 15) is 28.8 Å². The van der Waals surface area contributed by atoms with Gasteiger partial charge in [-0.05, 0) is 20.8 Å². The van der Waals surface area contributed by atoms with E-state index in [1.165, 1.54) is 13.8 Å². The summed E-state index contributed by atoms with van der Waals surface area (Å²) in [6, 6.07) is -2.26. The highest BCUT2D eigenvalue weighted by atomic mass is 32.2. The molecule has 0 radical (unpaired) electrons. The van der Waals surface area contributed by atoms with Gasteiger partial charge in [0, 0.05) is 33.4 Å². The quantitative estimate of drug-likeness (QED) is 0.276. The second kappa shape index (κ2) is 14.8. The van der Waals surface area contributed by atoms with E-state index in [4.69, 9.17) is 28.4 Å². The van der Waals surface area contributed by atoms with Crippen molar-refractivity contribution in [3.8, 4) is 0 Å². The monoisotopic (exact) mass is 564 g/mol. The summed E-state index contributed by atoms with van der Waals surface area (Å²) in [5, 5.41) is 5.05. The van der Waals surface area contributed by atoms with Crippen LogP contribution in [0.2, 0.25) is 0 Å². The minimum atomic E-state index is -1.25. The van der Waals surface area contributed by atoms with E-state index in [0.717, 1.165) is 32.7 Å². The zero-order chi connectivity index (χ0) is 29.2. The zero-order valence-corrected chi connectivity index (χ0v) is 23.5. The van der Waals surface area contributed by atoms with Gasteiger partial charge in [-0.25, -0.2) is 9.59 Å². The van der Waals surface area contributed by atoms with Gasteiger partial charge in [0.25, 0.3) is 0 Å². The molecule has 0 aliphatic carbocycles. The molecule has 0 spiro atoms. The molecule has 6 atom stereocenters. The number of amides is 2.